The number of phenols is 1. The van der Waals surface area contributed by atoms with Gasteiger partial charge in [-0.2, -0.15) is 5.10 Å². The summed E-state index contributed by atoms with van der Waals surface area (Å²) in [4.78, 5) is 0. The molecule has 3 N–H and O–H groups in total. The van der Waals surface area contributed by atoms with Crippen molar-refractivity contribution < 1.29 is 14.2 Å². The Hall–Kier alpha value is -3.00. The molecule has 1 aromatic carbocycles. The Bertz CT molecular complexity index is 963. The van der Waals surface area contributed by atoms with Gasteiger partial charge in [0, 0.05) is 41.9 Å². The van der Waals surface area contributed by atoms with Gasteiger partial charge >= 0.3 is 0 Å². The van der Waals surface area contributed by atoms with Crippen molar-refractivity contribution in [1.82, 2.24) is 25.7 Å². The van der Waals surface area contributed by atoms with Crippen LogP contribution in [0, 0.1) is 0 Å². The molecule has 8 heteroatoms. The lowest BCUT2D eigenvalue weighted by Crippen LogP contribution is -2.51. The third-order valence-electron chi connectivity index (χ3n) is 5.55. The second-order valence-corrected chi connectivity index (χ2v) is 7.36. The van der Waals surface area contributed by atoms with Crippen molar-refractivity contribution in [2.75, 3.05) is 0 Å². The van der Waals surface area contributed by atoms with Gasteiger partial charge in [0.25, 0.3) is 0 Å². The summed E-state index contributed by atoms with van der Waals surface area (Å²) in [7, 11) is 0. The van der Waals surface area contributed by atoms with Crippen molar-refractivity contribution in [3.63, 3.8) is 0 Å². The SMILES string of the molecule is Oc1cc(-c2cn[nH]c2)ccc1-c1ccc(O[C@H]2CC3CC[C@@H](N3)[C@@H]2F)nn1. The maximum Gasteiger partial charge on any atom is 0.233 e. The highest BCUT2D eigenvalue weighted by atomic mass is 19.1. The molecule has 2 bridgehead atoms. The molecule has 2 fully saturated rings. The van der Waals surface area contributed by atoms with Crippen LogP contribution in [0.4, 0.5) is 4.39 Å². The molecule has 4 atom stereocenters. The average Bonchev–Trinajstić information content (AvgIpc) is 3.37. The molecule has 28 heavy (non-hydrogen) atoms. The molecule has 2 aliphatic heterocycles. The number of aromatic hydroxyl groups is 1. The van der Waals surface area contributed by atoms with E-state index in [1.165, 1.54) is 0 Å². The fourth-order valence-corrected chi connectivity index (χ4v) is 4.09. The van der Waals surface area contributed by atoms with Crippen LogP contribution < -0.4 is 10.1 Å². The number of rotatable bonds is 4. The van der Waals surface area contributed by atoms with Gasteiger partial charge in [0.1, 0.15) is 11.9 Å². The number of piperidine rings is 1. The third-order valence-corrected chi connectivity index (χ3v) is 5.55. The van der Waals surface area contributed by atoms with Crippen LogP contribution in [0.15, 0.2) is 42.7 Å². The highest BCUT2D eigenvalue weighted by molar-refractivity contribution is 5.73. The van der Waals surface area contributed by atoms with E-state index in [1.54, 1.807) is 36.7 Å². The lowest BCUT2D eigenvalue weighted by atomic mass is 10.0. The minimum atomic E-state index is -1.04. The number of ether oxygens (including phenoxy) is 1. The number of alkyl halides is 1. The Morgan fingerprint density at radius 1 is 1.11 bits per heavy atom. The maximum atomic E-state index is 14.5. The number of phenolic OH excluding ortho intramolecular Hbond substituents is 1. The van der Waals surface area contributed by atoms with E-state index in [-0.39, 0.29) is 11.8 Å². The zero-order valence-electron chi connectivity index (χ0n) is 15.0. The van der Waals surface area contributed by atoms with Crippen LogP contribution in [-0.4, -0.2) is 49.9 Å². The lowest BCUT2D eigenvalue weighted by Gasteiger charge is -2.32. The monoisotopic (exact) mass is 381 g/mol. The van der Waals surface area contributed by atoms with Crippen molar-refractivity contribution in [2.45, 2.75) is 43.6 Å². The van der Waals surface area contributed by atoms with Crippen LogP contribution in [0.5, 0.6) is 11.6 Å². The topological polar surface area (TPSA) is 96.0 Å². The predicted molar refractivity (Wildman–Crippen MR) is 101 cm³/mol. The standard InChI is InChI=1S/C20H20FN5O2/c21-20-16-4-2-13(24-16)8-18(20)28-19-6-5-15(25-26-19)14-3-1-11(7-17(14)27)12-9-22-23-10-12/h1,3,5-7,9-10,13,16,18,20,24,27H,2,4,8H2,(H,22,23)/t13?,16-,18+,20+/m1/s1. The van der Waals surface area contributed by atoms with E-state index in [2.05, 4.69) is 25.7 Å². The second kappa shape index (κ2) is 6.87. The Balaban J connectivity index is 1.32. The van der Waals surface area contributed by atoms with Gasteiger partial charge in [-0.15, -0.1) is 10.2 Å². The van der Waals surface area contributed by atoms with Crippen molar-refractivity contribution in [3.05, 3.63) is 42.7 Å². The van der Waals surface area contributed by atoms with Gasteiger partial charge in [-0.3, -0.25) is 5.10 Å². The summed E-state index contributed by atoms with van der Waals surface area (Å²) in [6.45, 7) is 0. The number of nitrogens with zero attached hydrogens (tertiary/aromatic N) is 3. The number of nitrogens with one attached hydrogen (secondary N) is 2. The van der Waals surface area contributed by atoms with Crippen LogP contribution in [0.2, 0.25) is 0 Å². The summed E-state index contributed by atoms with van der Waals surface area (Å²) < 4.78 is 20.3. The molecule has 0 amide bonds. The molecule has 1 unspecified atom stereocenters. The van der Waals surface area contributed by atoms with E-state index in [0.717, 1.165) is 24.0 Å². The number of benzene rings is 1. The number of halogens is 1. The van der Waals surface area contributed by atoms with Crippen LogP contribution >= 0.6 is 0 Å². The summed E-state index contributed by atoms with van der Waals surface area (Å²) >= 11 is 0. The predicted octanol–water partition coefficient (Wildman–Crippen LogP) is 2.85. The number of aromatic nitrogens is 4. The summed E-state index contributed by atoms with van der Waals surface area (Å²) in [5.41, 5.74) is 2.81. The van der Waals surface area contributed by atoms with Gasteiger partial charge in [0.2, 0.25) is 5.88 Å². The van der Waals surface area contributed by atoms with E-state index >= 15 is 0 Å². The quantitative estimate of drug-likeness (QED) is 0.643. The van der Waals surface area contributed by atoms with Crippen molar-refractivity contribution in [2.24, 2.45) is 0 Å². The highest BCUT2D eigenvalue weighted by Crippen LogP contribution is 2.34. The number of fused-ring (bicyclic) bond motifs is 2. The summed E-state index contributed by atoms with van der Waals surface area (Å²) in [6, 6.07) is 8.90. The summed E-state index contributed by atoms with van der Waals surface area (Å²) in [5.74, 6) is 0.396. The van der Waals surface area contributed by atoms with Gasteiger partial charge in [-0.05, 0) is 36.6 Å². The molecule has 0 spiro atoms. The van der Waals surface area contributed by atoms with E-state index < -0.39 is 12.3 Å². The zero-order valence-corrected chi connectivity index (χ0v) is 15.0. The molecule has 5 rings (SSSR count). The molecule has 7 nitrogen and oxygen atoms in total. The van der Waals surface area contributed by atoms with Crippen LogP contribution in [-0.2, 0) is 0 Å². The van der Waals surface area contributed by atoms with E-state index in [4.69, 9.17) is 4.74 Å². The van der Waals surface area contributed by atoms with Crippen molar-refractivity contribution >= 4 is 0 Å². The maximum absolute atomic E-state index is 14.5. The van der Waals surface area contributed by atoms with Crippen LogP contribution in [0.1, 0.15) is 19.3 Å². The fraction of sp³-hybridized carbons (Fsp3) is 0.350. The molecular weight excluding hydrogens is 361 g/mol. The van der Waals surface area contributed by atoms with Crippen LogP contribution in [0.25, 0.3) is 22.4 Å². The number of aromatic amines is 1. The van der Waals surface area contributed by atoms with Gasteiger partial charge < -0.3 is 15.2 Å². The largest absolute Gasteiger partial charge is 0.507 e. The van der Waals surface area contributed by atoms with Crippen molar-refractivity contribution in [1.29, 1.82) is 0 Å². The minimum absolute atomic E-state index is 0.0976. The molecule has 0 aliphatic carbocycles. The Morgan fingerprint density at radius 3 is 2.79 bits per heavy atom. The second-order valence-electron chi connectivity index (χ2n) is 7.36. The molecule has 0 radical (unpaired) electrons. The molecule has 0 saturated carbocycles. The van der Waals surface area contributed by atoms with E-state index in [1.807, 2.05) is 6.07 Å². The number of H-pyrrole nitrogens is 1. The highest BCUT2D eigenvalue weighted by Gasteiger charge is 2.43. The molecule has 2 aliphatic rings. The first kappa shape index (κ1) is 17.1. The Labute approximate surface area is 161 Å². The lowest BCUT2D eigenvalue weighted by molar-refractivity contribution is 0.0422. The summed E-state index contributed by atoms with van der Waals surface area (Å²) in [6.07, 6.45) is 4.38. The molecule has 144 valence electrons. The average molecular weight is 381 g/mol. The first-order valence-corrected chi connectivity index (χ1v) is 9.40. The molecule has 3 aromatic rings. The summed E-state index contributed by atoms with van der Waals surface area (Å²) in [5, 5.41) is 28.6. The normalized spacial score (nSPS) is 26.3. The smallest absolute Gasteiger partial charge is 0.233 e. The Kier molecular flexibility index (Phi) is 4.20. The van der Waals surface area contributed by atoms with E-state index in [0.29, 0.717) is 29.6 Å². The van der Waals surface area contributed by atoms with Gasteiger partial charge in [0.05, 0.1) is 11.9 Å². The minimum Gasteiger partial charge on any atom is -0.507 e. The van der Waals surface area contributed by atoms with Gasteiger partial charge in [-0.25, -0.2) is 4.39 Å². The molecule has 2 aromatic heterocycles. The third kappa shape index (κ3) is 3.09. The number of hydrogen-bond donors (Lipinski definition) is 3. The fourth-order valence-electron chi connectivity index (χ4n) is 4.09. The van der Waals surface area contributed by atoms with Gasteiger partial charge in [0.15, 0.2) is 6.17 Å². The first-order chi connectivity index (χ1) is 13.7. The molecular formula is C20H20FN5O2. The molecule has 2 saturated heterocycles. The van der Waals surface area contributed by atoms with Crippen molar-refractivity contribution in [3.8, 4) is 34.0 Å². The van der Waals surface area contributed by atoms with Gasteiger partial charge in [-0.1, -0.05) is 6.07 Å². The Morgan fingerprint density at radius 2 is 2.04 bits per heavy atom. The zero-order chi connectivity index (χ0) is 19.1. The van der Waals surface area contributed by atoms with E-state index in [9.17, 15) is 9.50 Å². The number of hydrogen-bond acceptors (Lipinski definition) is 6. The first-order valence-electron chi connectivity index (χ1n) is 9.40. The van der Waals surface area contributed by atoms with Crippen LogP contribution in [0.3, 0.4) is 0 Å². The molecule has 4 heterocycles.